The Balaban J connectivity index is 1.07. The summed E-state index contributed by atoms with van der Waals surface area (Å²) in [7, 11) is 0. The summed E-state index contributed by atoms with van der Waals surface area (Å²) in [6.45, 7) is 4.51. The molecule has 2 amide bonds. The molecule has 0 spiro atoms. The third kappa shape index (κ3) is 5.20. The van der Waals surface area contributed by atoms with Crippen molar-refractivity contribution in [2.24, 2.45) is 5.73 Å². The summed E-state index contributed by atoms with van der Waals surface area (Å²) >= 11 is 6.41. The molecular weight excluding hydrogens is 570 g/mol. The largest absolute Gasteiger partial charge is 0.366 e. The van der Waals surface area contributed by atoms with Crippen molar-refractivity contribution < 1.29 is 9.59 Å². The van der Waals surface area contributed by atoms with E-state index in [9.17, 15) is 9.59 Å². The van der Waals surface area contributed by atoms with Gasteiger partial charge in [0.05, 0.1) is 21.6 Å². The van der Waals surface area contributed by atoms with Gasteiger partial charge in [-0.25, -0.2) is 4.98 Å². The van der Waals surface area contributed by atoms with Gasteiger partial charge in [0.15, 0.2) is 0 Å². The fourth-order valence-electron chi connectivity index (χ4n) is 8.42. The van der Waals surface area contributed by atoms with Gasteiger partial charge in [0.25, 0.3) is 5.91 Å². The first-order chi connectivity index (χ1) is 21.3. The number of primary amides is 1. The molecule has 44 heavy (non-hydrogen) atoms. The van der Waals surface area contributed by atoms with Gasteiger partial charge in [0.2, 0.25) is 5.91 Å². The summed E-state index contributed by atoms with van der Waals surface area (Å²) in [6, 6.07) is 25.8. The van der Waals surface area contributed by atoms with Crippen LogP contribution in [0.2, 0.25) is 5.02 Å². The summed E-state index contributed by atoms with van der Waals surface area (Å²) in [6.07, 6.45) is 7.72. The van der Waals surface area contributed by atoms with Crippen LogP contribution in [0.5, 0.6) is 0 Å². The maximum atomic E-state index is 13.6. The second-order valence-corrected chi connectivity index (χ2v) is 13.4. The standard InChI is InChI=1S/C36H40ClN5O2/c1-24-39-32-9-5-6-10-33(32)42(24)29-22-27-12-13-28(23-29)41(27)20-17-36(26-7-3-2-4-8-26)15-18-40(19-16-36)35(44)30-21-25(34(38)43)11-14-31(30)37/h2-11,14,21,27-29H,12-13,15-20,22-23H2,1H3,(H2,38,43)/t27-,28+,29+. The van der Waals surface area contributed by atoms with Crippen LogP contribution in [0.3, 0.4) is 0 Å². The fourth-order valence-corrected chi connectivity index (χ4v) is 8.61. The first-order valence-corrected chi connectivity index (χ1v) is 16.3. The lowest BCUT2D eigenvalue weighted by atomic mass is 9.70. The van der Waals surface area contributed by atoms with Gasteiger partial charge in [-0.05, 0) is 99.7 Å². The van der Waals surface area contributed by atoms with Gasteiger partial charge in [0, 0.05) is 36.8 Å². The van der Waals surface area contributed by atoms with E-state index in [1.165, 1.54) is 42.8 Å². The number of hydrogen-bond donors (Lipinski definition) is 1. The Labute approximate surface area is 264 Å². The molecule has 0 radical (unpaired) electrons. The predicted molar refractivity (Wildman–Crippen MR) is 174 cm³/mol. The first-order valence-electron chi connectivity index (χ1n) is 16.0. The van der Waals surface area contributed by atoms with Crippen LogP contribution in [0.1, 0.15) is 83.1 Å². The zero-order chi connectivity index (χ0) is 30.4. The molecule has 3 aromatic carbocycles. The molecular formula is C36H40ClN5O2. The third-order valence-corrected chi connectivity index (χ3v) is 11.1. The number of aryl methyl sites for hydroxylation is 1. The number of amides is 2. The molecule has 3 fully saturated rings. The first kappa shape index (κ1) is 29.1. The van der Waals surface area contributed by atoms with E-state index < -0.39 is 5.91 Å². The molecule has 3 aliphatic rings. The van der Waals surface area contributed by atoms with Crippen molar-refractivity contribution >= 4 is 34.4 Å². The van der Waals surface area contributed by atoms with E-state index in [1.807, 2.05) is 4.90 Å². The van der Waals surface area contributed by atoms with Gasteiger partial charge >= 0.3 is 0 Å². The van der Waals surface area contributed by atoms with E-state index in [1.54, 1.807) is 12.1 Å². The van der Waals surface area contributed by atoms with Crippen LogP contribution < -0.4 is 5.73 Å². The highest BCUT2D eigenvalue weighted by Gasteiger charge is 2.44. The van der Waals surface area contributed by atoms with Gasteiger partial charge in [-0.15, -0.1) is 0 Å². The minimum Gasteiger partial charge on any atom is -0.366 e. The molecule has 228 valence electrons. The van der Waals surface area contributed by atoms with Crippen molar-refractivity contribution in [2.75, 3.05) is 19.6 Å². The molecule has 0 unspecified atom stereocenters. The summed E-state index contributed by atoms with van der Waals surface area (Å²) in [5.74, 6) is 0.419. The van der Waals surface area contributed by atoms with E-state index in [0.717, 1.165) is 37.1 Å². The minimum atomic E-state index is -0.566. The molecule has 8 heteroatoms. The maximum Gasteiger partial charge on any atom is 0.255 e. The number of piperidine rings is 2. The van der Waals surface area contributed by atoms with Crippen molar-refractivity contribution in [3.05, 3.63) is 100 Å². The summed E-state index contributed by atoms with van der Waals surface area (Å²) < 4.78 is 2.50. The summed E-state index contributed by atoms with van der Waals surface area (Å²) in [5.41, 5.74) is 9.84. The van der Waals surface area contributed by atoms with Crippen LogP contribution in [0.4, 0.5) is 0 Å². The zero-order valence-corrected chi connectivity index (χ0v) is 26.0. The molecule has 3 aliphatic heterocycles. The Hall–Kier alpha value is -3.68. The van der Waals surface area contributed by atoms with Crippen LogP contribution in [-0.2, 0) is 5.41 Å². The Kier molecular flexibility index (Phi) is 7.71. The molecule has 2 N–H and O–H groups in total. The Morgan fingerprint density at radius 2 is 1.61 bits per heavy atom. The quantitative estimate of drug-likeness (QED) is 0.258. The van der Waals surface area contributed by atoms with Crippen molar-refractivity contribution in [2.45, 2.75) is 75.4 Å². The van der Waals surface area contributed by atoms with Gasteiger partial charge < -0.3 is 15.2 Å². The zero-order valence-electron chi connectivity index (χ0n) is 25.3. The molecule has 7 nitrogen and oxygen atoms in total. The number of nitrogens with zero attached hydrogens (tertiary/aromatic N) is 4. The molecule has 0 aliphatic carbocycles. The van der Waals surface area contributed by atoms with Crippen LogP contribution in [0.25, 0.3) is 11.0 Å². The molecule has 4 aromatic rings. The molecule has 3 atom stereocenters. The molecule has 1 aromatic heterocycles. The van der Waals surface area contributed by atoms with E-state index in [-0.39, 0.29) is 11.3 Å². The highest BCUT2D eigenvalue weighted by molar-refractivity contribution is 6.34. The number of nitrogens with two attached hydrogens (primary N) is 1. The number of imidazole rings is 1. The average Bonchev–Trinajstić information content (AvgIpc) is 3.50. The molecule has 0 saturated carbocycles. The lowest BCUT2D eigenvalue weighted by Gasteiger charge is -2.45. The normalized spacial score (nSPS) is 23.2. The van der Waals surface area contributed by atoms with E-state index >= 15 is 0 Å². The number of benzene rings is 3. The Morgan fingerprint density at radius 3 is 2.32 bits per heavy atom. The van der Waals surface area contributed by atoms with E-state index in [0.29, 0.717) is 47.4 Å². The lowest BCUT2D eigenvalue weighted by Crippen LogP contribution is -2.49. The molecule has 2 bridgehead atoms. The molecule has 4 heterocycles. The maximum absolute atomic E-state index is 13.6. The average molecular weight is 610 g/mol. The van der Waals surface area contributed by atoms with Crippen LogP contribution in [0.15, 0.2) is 72.8 Å². The number of para-hydroxylation sites is 2. The molecule has 3 saturated heterocycles. The van der Waals surface area contributed by atoms with Crippen molar-refractivity contribution in [3.63, 3.8) is 0 Å². The number of aromatic nitrogens is 2. The van der Waals surface area contributed by atoms with Gasteiger partial charge in [-0.2, -0.15) is 0 Å². The highest BCUT2D eigenvalue weighted by Crippen LogP contribution is 2.45. The van der Waals surface area contributed by atoms with Crippen molar-refractivity contribution in [1.82, 2.24) is 19.4 Å². The second kappa shape index (κ2) is 11.7. The van der Waals surface area contributed by atoms with Gasteiger partial charge in [-0.1, -0.05) is 54.1 Å². The Bertz CT molecular complexity index is 1680. The molecule has 7 rings (SSSR count). The number of carbonyl (C=O) groups excluding carboxylic acids is 2. The predicted octanol–water partition coefficient (Wildman–Crippen LogP) is 6.53. The van der Waals surface area contributed by atoms with E-state index in [4.69, 9.17) is 22.3 Å². The number of hydrogen-bond acceptors (Lipinski definition) is 4. The monoisotopic (exact) mass is 609 g/mol. The van der Waals surface area contributed by atoms with Crippen LogP contribution in [-0.4, -0.2) is 62.9 Å². The fraction of sp³-hybridized carbons (Fsp3) is 0.417. The van der Waals surface area contributed by atoms with Crippen molar-refractivity contribution in [3.8, 4) is 0 Å². The highest BCUT2D eigenvalue weighted by atomic mass is 35.5. The van der Waals surface area contributed by atoms with Gasteiger partial charge in [0.1, 0.15) is 5.82 Å². The summed E-state index contributed by atoms with van der Waals surface area (Å²) in [4.78, 5) is 34.9. The Morgan fingerprint density at radius 1 is 0.932 bits per heavy atom. The smallest absolute Gasteiger partial charge is 0.255 e. The minimum absolute atomic E-state index is 0.00430. The number of fused-ring (bicyclic) bond motifs is 3. The number of carbonyl (C=O) groups is 2. The lowest BCUT2D eigenvalue weighted by molar-refractivity contribution is 0.0607. The number of likely N-dealkylation sites (tertiary alicyclic amines) is 1. The van der Waals surface area contributed by atoms with Crippen LogP contribution in [0, 0.1) is 6.92 Å². The SMILES string of the molecule is Cc1nc2ccccc2n1[C@H]1C[C@H]2CC[C@@H](C1)N2CCC1(c2ccccc2)CCN(C(=O)c2cc(C(N)=O)ccc2Cl)CC1. The topological polar surface area (TPSA) is 84.5 Å². The number of halogens is 1. The third-order valence-electron chi connectivity index (χ3n) is 10.7. The number of rotatable bonds is 7. The van der Waals surface area contributed by atoms with E-state index in [2.05, 4.69) is 71.0 Å². The van der Waals surface area contributed by atoms with Crippen LogP contribution >= 0.6 is 11.6 Å². The van der Waals surface area contributed by atoms with Crippen molar-refractivity contribution in [1.29, 1.82) is 0 Å². The second-order valence-electron chi connectivity index (χ2n) is 13.0. The van der Waals surface area contributed by atoms with Gasteiger partial charge in [-0.3, -0.25) is 14.5 Å². The summed E-state index contributed by atoms with van der Waals surface area (Å²) in [5, 5.41) is 0.345.